The smallest absolute Gasteiger partial charge is 0.287 e. The molecule has 0 aliphatic rings. The SMILES string of the molecule is COc1cccc2cc(C(=O)NCc3cccnc3OCc3ccccc3)oc12. The number of furan rings is 1. The Labute approximate surface area is 168 Å². The molecule has 0 saturated heterocycles. The number of methoxy groups -OCH3 is 1. The lowest BCUT2D eigenvalue weighted by atomic mass is 10.2. The predicted molar refractivity (Wildman–Crippen MR) is 109 cm³/mol. The molecule has 0 aliphatic carbocycles. The zero-order valence-corrected chi connectivity index (χ0v) is 15.9. The minimum Gasteiger partial charge on any atom is -0.493 e. The van der Waals surface area contributed by atoms with Crippen molar-refractivity contribution in [2.75, 3.05) is 7.11 Å². The molecule has 2 aromatic carbocycles. The van der Waals surface area contributed by atoms with Gasteiger partial charge in [0.2, 0.25) is 5.88 Å². The third kappa shape index (κ3) is 4.21. The molecule has 4 rings (SSSR count). The van der Waals surface area contributed by atoms with Crippen LogP contribution in [0.3, 0.4) is 0 Å². The first-order valence-electron chi connectivity index (χ1n) is 9.20. The topological polar surface area (TPSA) is 73.6 Å². The van der Waals surface area contributed by atoms with Gasteiger partial charge in [0.15, 0.2) is 17.1 Å². The fraction of sp³-hybridized carbons (Fsp3) is 0.130. The van der Waals surface area contributed by atoms with Gasteiger partial charge < -0.3 is 19.2 Å². The van der Waals surface area contributed by atoms with E-state index in [9.17, 15) is 4.79 Å². The van der Waals surface area contributed by atoms with E-state index in [4.69, 9.17) is 13.9 Å². The van der Waals surface area contributed by atoms with Crippen molar-refractivity contribution in [2.45, 2.75) is 13.2 Å². The van der Waals surface area contributed by atoms with Crippen LogP contribution < -0.4 is 14.8 Å². The molecular formula is C23H20N2O4. The molecule has 0 saturated carbocycles. The number of nitrogens with zero attached hydrogens (tertiary/aromatic N) is 1. The van der Waals surface area contributed by atoms with Crippen LogP contribution in [-0.2, 0) is 13.2 Å². The Bertz CT molecular complexity index is 1120. The van der Waals surface area contributed by atoms with Crippen LogP contribution in [0.15, 0.2) is 77.3 Å². The maximum absolute atomic E-state index is 12.6. The van der Waals surface area contributed by atoms with Gasteiger partial charge in [-0.1, -0.05) is 48.5 Å². The molecule has 2 aromatic heterocycles. The van der Waals surface area contributed by atoms with Crippen LogP contribution in [0.5, 0.6) is 11.6 Å². The van der Waals surface area contributed by atoms with Crippen LogP contribution >= 0.6 is 0 Å². The van der Waals surface area contributed by atoms with Crippen molar-refractivity contribution in [1.82, 2.24) is 10.3 Å². The highest BCUT2D eigenvalue weighted by Gasteiger charge is 2.15. The second-order valence-corrected chi connectivity index (χ2v) is 6.41. The molecule has 0 spiro atoms. The lowest BCUT2D eigenvalue weighted by Gasteiger charge is -2.10. The third-order valence-corrected chi connectivity index (χ3v) is 4.46. The van der Waals surface area contributed by atoms with E-state index in [0.717, 1.165) is 16.5 Å². The molecular weight excluding hydrogens is 368 g/mol. The Balaban J connectivity index is 1.44. The molecule has 0 fully saturated rings. The summed E-state index contributed by atoms with van der Waals surface area (Å²) in [7, 11) is 1.57. The number of fused-ring (bicyclic) bond motifs is 1. The minimum absolute atomic E-state index is 0.222. The first-order chi connectivity index (χ1) is 14.2. The summed E-state index contributed by atoms with van der Waals surface area (Å²) in [5.41, 5.74) is 2.38. The highest BCUT2D eigenvalue weighted by Crippen LogP contribution is 2.28. The molecule has 0 radical (unpaired) electrons. The van der Waals surface area contributed by atoms with Gasteiger partial charge in [0.25, 0.3) is 5.91 Å². The summed E-state index contributed by atoms with van der Waals surface area (Å²) in [4.78, 5) is 16.9. The van der Waals surface area contributed by atoms with Crippen molar-refractivity contribution < 1.29 is 18.7 Å². The molecule has 0 bridgehead atoms. The summed E-state index contributed by atoms with van der Waals surface area (Å²) < 4.78 is 16.8. The summed E-state index contributed by atoms with van der Waals surface area (Å²) in [5, 5.41) is 3.67. The molecule has 6 nitrogen and oxygen atoms in total. The van der Waals surface area contributed by atoms with Crippen molar-refractivity contribution in [2.24, 2.45) is 0 Å². The average Bonchev–Trinajstić information content (AvgIpc) is 3.22. The molecule has 6 heteroatoms. The zero-order valence-electron chi connectivity index (χ0n) is 15.9. The van der Waals surface area contributed by atoms with Crippen molar-refractivity contribution >= 4 is 16.9 Å². The number of aromatic nitrogens is 1. The number of para-hydroxylation sites is 1. The fourth-order valence-corrected chi connectivity index (χ4v) is 2.99. The average molecular weight is 388 g/mol. The second kappa shape index (κ2) is 8.48. The minimum atomic E-state index is -0.318. The molecule has 29 heavy (non-hydrogen) atoms. The Morgan fingerprint density at radius 3 is 2.76 bits per heavy atom. The highest BCUT2D eigenvalue weighted by molar-refractivity contribution is 5.97. The van der Waals surface area contributed by atoms with Gasteiger partial charge >= 0.3 is 0 Å². The van der Waals surface area contributed by atoms with E-state index in [1.165, 1.54) is 0 Å². The van der Waals surface area contributed by atoms with Gasteiger partial charge in [-0.05, 0) is 23.8 Å². The van der Waals surface area contributed by atoms with E-state index >= 15 is 0 Å². The predicted octanol–water partition coefficient (Wildman–Crippen LogP) is 4.35. The summed E-state index contributed by atoms with van der Waals surface area (Å²) in [6, 6.07) is 20.7. The largest absolute Gasteiger partial charge is 0.493 e. The summed E-state index contributed by atoms with van der Waals surface area (Å²) in [5.74, 6) is 0.981. The van der Waals surface area contributed by atoms with Crippen molar-refractivity contribution in [3.05, 3.63) is 89.8 Å². The lowest BCUT2D eigenvalue weighted by Crippen LogP contribution is -2.22. The van der Waals surface area contributed by atoms with Crippen LogP contribution in [0, 0.1) is 0 Å². The first kappa shape index (κ1) is 18.6. The van der Waals surface area contributed by atoms with E-state index in [0.29, 0.717) is 23.8 Å². The maximum atomic E-state index is 12.6. The number of carbonyl (C=O) groups is 1. The molecule has 4 aromatic rings. The van der Waals surface area contributed by atoms with Crippen molar-refractivity contribution in [3.63, 3.8) is 0 Å². The van der Waals surface area contributed by atoms with E-state index in [1.54, 1.807) is 25.4 Å². The number of amides is 1. The number of pyridine rings is 1. The number of hydrogen-bond donors (Lipinski definition) is 1. The van der Waals surface area contributed by atoms with E-state index < -0.39 is 0 Å². The number of hydrogen-bond acceptors (Lipinski definition) is 5. The normalized spacial score (nSPS) is 10.7. The summed E-state index contributed by atoms with van der Waals surface area (Å²) in [6.45, 7) is 0.674. The molecule has 146 valence electrons. The van der Waals surface area contributed by atoms with Crippen molar-refractivity contribution in [1.29, 1.82) is 0 Å². The van der Waals surface area contributed by atoms with Gasteiger partial charge in [-0.3, -0.25) is 4.79 Å². The first-order valence-corrected chi connectivity index (χ1v) is 9.20. The Hall–Kier alpha value is -3.80. The monoisotopic (exact) mass is 388 g/mol. The van der Waals surface area contributed by atoms with Crippen LogP contribution in [0.1, 0.15) is 21.7 Å². The van der Waals surface area contributed by atoms with Gasteiger partial charge in [0, 0.05) is 23.7 Å². The number of rotatable bonds is 7. The number of benzene rings is 2. The van der Waals surface area contributed by atoms with E-state index in [1.807, 2.05) is 54.6 Å². The van der Waals surface area contributed by atoms with Crippen LogP contribution in [0.4, 0.5) is 0 Å². The number of carbonyl (C=O) groups excluding carboxylic acids is 1. The maximum Gasteiger partial charge on any atom is 0.287 e. The lowest BCUT2D eigenvalue weighted by molar-refractivity contribution is 0.0924. The van der Waals surface area contributed by atoms with Gasteiger partial charge in [0.05, 0.1) is 7.11 Å². The molecule has 0 atom stereocenters. The van der Waals surface area contributed by atoms with Gasteiger partial charge in [-0.15, -0.1) is 0 Å². The summed E-state index contributed by atoms with van der Waals surface area (Å²) >= 11 is 0. The molecule has 0 aliphatic heterocycles. The zero-order chi connectivity index (χ0) is 20.1. The van der Waals surface area contributed by atoms with E-state index in [-0.39, 0.29) is 18.2 Å². The van der Waals surface area contributed by atoms with Crippen LogP contribution in [-0.4, -0.2) is 18.0 Å². The highest BCUT2D eigenvalue weighted by atomic mass is 16.5. The second-order valence-electron chi connectivity index (χ2n) is 6.41. The standard InChI is InChI=1S/C23H20N2O4/c1-27-19-11-5-9-17-13-20(29-21(17)19)22(26)25-14-18-10-6-12-24-23(18)28-15-16-7-3-2-4-8-16/h2-13H,14-15H2,1H3,(H,25,26). The van der Waals surface area contributed by atoms with Gasteiger partial charge in [0.1, 0.15) is 6.61 Å². The summed E-state index contributed by atoms with van der Waals surface area (Å²) in [6.07, 6.45) is 1.66. The Kier molecular flexibility index (Phi) is 5.42. The third-order valence-electron chi connectivity index (χ3n) is 4.46. The van der Waals surface area contributed by atoms with Crippen LogP contribution in [0.2, 0.25) is 0 Å². The van der Waals surface area contributed by atoms with Crippen LogP contribution in [0.25, 0.3) is 11.0 Å². The molecule has 2 heterocycles. The fourth-order valence-electron chi connectivity index (χ4n) is 2.99. The molecule has 1 N–H and O–H groups in total. The Morgan fingerprint density at radius 2 is 1.93 bits per heavy atom. The number of ether oxygens (including phenoxy) is 2. The molecule has 1 amide bonds. The number of nitrogens with one attached hydrogen (secondary N) is 1. The van der Waals surface area contributed by atoms with E-state index in [2.05, 4.69) is 10.3 Å². The molecule has 0 unspecified atom stereocenters. The van der Waals surface area contributed by atoms with Gasteiger partial charge in [-0.25, -0.2) is 4.98 Å². The quantitative estimate of drug-likeness (QED) is 0.510. The van der Waals surface area contributed by atoms with Gasteiger partial charge in [-0.2, -0.15) is 0 Å². The Morgan fingerprint density at radius 1 is 1.07 bits per heavy atom. The van der Waals surface area contributed by atoms with Crippen molar-refractivity contribution in [3.8, 4) is 11.6 Å².